The summed E-state index contributed by atoms with van der Waals surface area (Å²) < 4.78 is 12.7. The second kappa shape index (κ2) is 4.73. The van der Waals surface area contributed by atoms with Crippen molar-refractivity contribution < 1.29 is 9.67 Å². The highest BCUT2D eigenvalue weighted by molar-refractivity contribution is 8.60. The minimum Gasteiger partial charge on any atom is -0.382 e. The maximum atomic E-state index is 12.7. The predicted molar refractivity (Wildman–Crippen MR) is 68.1 cm³/mol. The molecule has 2 nitrogen and oxygen atoms in total. The smallest absolute Gasteiger partial charge is 0.196 e. The molecule has 15 heavy (non-hydrogen) atoms. The van der Waals surface area contributed by atoms with Crippen LogP contribution in [0.15, 0.2) is 30.3 Å². The third-order valence-corrected chi connectivity index (χ3v) is 9.01. The molecule has 0 radical (unpaired) electrons. The van der Waals surface area contributed by atoms with Gasteiger partial charge in [0.1, 0.15) is 5.34 Å². The molecule has 1 unspecified atom stereocenters. The van der Waals surface area contributed by atoms with Crippen molar-refractivity contribution in [1.82, 2.24) is 0 Å². The van der Waals surface area contributed by atoms with E-state index in [1.165, 1.54) is 11.4 Å². The van der Waals surface area contributed by atoms with Crippen LogP contribution in [-0.2, 0) is 4.57 Å². The molecule has 0 saturated heterocycles. The number of hydrogen-bond donors (Lipinski definition) is 1. The Morgan fingerprint density at radius 3 is 2.27 bits per heavy atom. The molecule has 0 aliphatic carbocycles. The standard InChI is InChI=1S/C11H17O2PS/c1-4-15-14(13,11(2,3)12)10-8-6-5-7-9-10/h5-9,12H,4H2,1-3H3. The van der Waals surface area contributed by atoms with Gasteiger partial charge in [0.15, 0.2) is 6.34 Å². The highest BCUT2D eigenvalue weighted by atomic mass is 32.7. The zero-order valence-corrected chi connectivity index (χ0v) is 11.0. The van der Waals surface area contributed by atoms with Crippen molar-refractivity contribution in [2.24, 2.45) is 0 Å². The van der Waals surface area contributed by atoms with Crippen molar-refractivity contribution >= 4 is 23.0 Å². The van der Waals surface area contributed by atoms with E-state index in [9.17, 15) is 9.67 Å². The lowest BCUT2D eigenvalue weighted by Crippen LogP contribution is -2.24. The van der Waals surface area contributed by atoms with Crippen molar-refractivity contribution in [2.75, 3.05) is 5.75 Å². The van der Waals surface area contributed by atoms with Crippen LogP contribution in [0.1, 0.15) is 20.8 Å². The van der Waals surface area contributed by atoms with Crippen LogP contribution in [0, 0.1) is 0 Å². The molecule has 0 aliphatic heterocycles. The Hall–Kier alpha value is -0.240. The van der Waals surface area contributed by atoms with E-state index < -0.39 is 11.7 Å². The average molecular weight is 244 g/mol. The van der Waals surface area contributed by atoms with Gasteiger partial charge < -0.3 is 9.67 Å². The van der Waals surface area contributed by atoms with E-state index in [1.54, 1.807) is 13.8 Å². The Bertz CT molecular complexity index is 357. The molecule has 0 aromatic heterocycles. The second-order valence-electron chi connectivity index (χ2n) is 3.80. The van der Waals surface area contributed by atoms with Crippen LogP contribution in [0.4, 0.5) is 0 Å². The Balaban J connectivity index is 3.20. The summed E-state index contributed by atoms with van der Waals surface area (Å²) in [6.45, 7) is 5.18. The monoisotopic (exact) mass is 244 g/mol. The molecule has 1 atom stereocenters. The topological polar surface area (TPSA) is 37.3 Å². The van der Waals surface area contributed by atoms with Crippen molar-refractivity contribution in [3.05, 3.63) is 30.3 Å². The summed E-state index contributed by atoms with van der Waals surface area (Å²) >= 11 is 1.34. The zero-order chi connectivity index (χ0) is 11.5. The summed E-state index contributed by atoms with van der Waals surface area (Å²) in [7, 11) is 0. The molecule has 0 aliphatic rings. The summed E-state index contributed by atoms with van der Waals surface area (Å²) in [6.07, 6.45) is -2.78. The maximum absolute atomic E-state index is 12.7. The van der Waals surface area contributed by atoms with E-state index >= 15 is 0 Å². The van der Waals surface area contributed by atoms with Gasteiger partial charge >= 0.3 is 0 Å². The van der Waals surface area contributed by atoms with Gasteiger partial charge in [-0.3, -0.25) is 0 Å². The van der Waals surface area contributed by atoms with Crippen LogP contribution in [0.2, 0.25) is 0 Å². The normalized spacial score (nSPS) is 16.0. The van der Waals surface area contributed by atoms with Crippen molar-refractivity contribution in [3.8, 4) is 0 Å². The molecule has 0 amide bonds. The van der Waals surface area contributed by atoms with Gasteiger partial charge in [0.05, 0.1) is 0 Å². The van der Waals surface area contributed by atoms with Gasteiger partial charge in [0, 0.05) is 5.30 Å². The predicted octanol–water partition coefficient (Wildman–Crippen LogP) is 3.07. The van der Waals surface area contributed by atoms with Crippen LogP contribution in [0.5, 0.6) is 0 Å². The van der Waals surface area contributed by atoms with Gasteiger partial charge in [0.25, 0.3) is 0 Å². The van der Waals surface area contributed by atoms with Gasteiger partial charge in [-0.25, -0.2) is 0 Å². The minimum absolute atomic E-state index is 0.732. The first-order valence-electron chi connectivity index (χ1n) is 4.94. The first-order valence-corrected chi connectivity index (χ1v) is 8.24. The molecule has 1 N–H and O–H groups in total. The molecule has 84 valence electrons. The van der Waals surface area contributed by atoms with Crippen LogP contribution in [0.3, 0.4) is 0 Å². The van der Waals surface area contributed by atoms with E-state index in [4.69, 9.17) is 0 Å². The Labute approximate surface area is 95.2 Å². The first kappa shape index (κ1) is 12.8. The fourth-order valence-corrected chi connectivity index (χ4v) is 6.23. The number of hydrogen-bond acceptors (Lipinski definition) is 3. The molecule has 4 heteroatoms. The summed E-state index contributed by atoms with van der Waals surface area (Å²) in [4.78, 5) is 0. The van der Waals surface area contributed by atoms with Crippen LogP contribution < -0.4 is 5.30 Å². The lowest BCUT2D eigenvalue weighted by molar-refractivity contribution is 0.167. The molecule has 1 aromatic carbocycles. The Morgan fingerprint density at radius 2 is 1.87 bits per heavy atom. The van der Waals surface area contributed by atoms with E-state index in [1.807, 2.05) is 37.3 Å². The van der Waals surface area contributed by atoms with Gasteiger partial charge in [-0.1, -0.05) is 48.6 Å². The maximum Gasteiger partial charge on any atom is 0.196 e. The number of benzene rings is 1. The van der Waals surface area contributed by atoms with Crippen molar-refractivity contribution in [3.63, 3.8) is 0 Å². The molecule has 1 aromatic rings. The highest BCUT2D eigenvalue weighted by Gasteiger charge is 2.40. The van der Waals surface area contributed by atoms with E-state index in [2.05, 4.69) is 0 Å². The van der Waals surface area contributed by atoms with Gasteiger partial charge in [-0.05, 0) is 19.6 Å². The molecule has 1 rings (SSSR count). The fraction of sp³-hybridized carbons (Fsp3) is 0.455. The Kier molecular flexibility index (Phi) is 4.05. The minimum atomic E-state index is -2.78. The lowest BCUT2D eigenvalue weighted by atomic mass is 10.4. The summed E-state index contributed by atoms with van der Waals surface area (Å²) in [5.74, 6) is 0.732. The zero-order valence-electron chi connectivity index (χ0n) is 9.30. The van der Waals surface area contributed by atoms with Crippen LogP contribution in [0.25, 0.3) is 0 Å². The highest BCUT2D eigenvalue weighted by Crippen LogP contribution is 2.65. The molecule has 0 heterocycles. The molecule has 0 spiro atoms. The second-order valence-corrected chi connectivity index (χ2v) is 9.67. The SMILES string of the molecule is CCSP(=O)(c1ccccc1)C(C)(C)O. The molecular weight excluding hydrogens is 227 g/mol. The van der Waals surface area contributed by atoms with Crippen molar-refractivity contribution in [1.29, 1.82) is 0 Å². The molecular formula is C11H17O2PS. The quantitative estimate of drug-likeness (QED) is 0.827. The average Bonchev–Trinajstić information content (AvgIpc) is 2.18. The third-order valence-electron chi connectivity index (χ3n) is 2.13. The molecule has 0 fully saturated rings. The van der Waals surface area contributed by atoms with Gasteiger partial charge in [0.2, 0.25) is 0 Å². The molecule has 0 saturated carbocycles. The van der Waals surface area contributed by atoms with Gasteiger partial charge in [-0.2, -0.15) is 0 Å². The number of rotatable bonds is 4. The van der Waals surface area contributed by atoms with E-state index in [0.717, 1.165) is 11.1 Å². The Morgan fingerprint density at radius 1 is 1.33 bits per heavy atom. The summed E-state index contributed by atoms with van der Waals surface area (Å²) in [5, 5.41) is 9.61. The summed E-state index contributed by atoms with van der Waals surface area (Å²) in [5.41, 5.74) is 0. The van der Waals surface area contributed by atoms with Crippen LogP contribution in [-0.4, -0.2) is 16.2 Å². The van der Waals surface area contributed by atoms with E-state index in [0.29, 0.717) is 0 Å². The van der Waals surface area contributed by atoms with Gasteiger partial charge in [-0.15, -0.1) is 0 Å². The summed E-state index contributed by atoms with van der Waals surface area (Å²) in [6, 6.07) is 9.23. The van der Waals surface area contributed by atoms with Crippen LogP contribution >= 0.6 is 17.7 Å². The fourth-order valence-electron chi connectivity index (χ4n) is 1.35. The molecule has 0 bridgehead atoms. The lowest BCUT2D eigenvalue weighted by Gasteiger charge is -2.29. The first-order chi connectivity index (χ1) is 6.92. The van der Waals surface area contributed by atoms with E-state index in [-0.39, 0.29) is 0 Å². The van der Waals surface area contributed by atoms with Crippen molar-refractivity contribution in [2.45, 2.75) is 26.1 Å². The third kappa shape index (κ3) is 2.66. The number of aliphatic hydroxyl groups is 1. The largest absolute Gasteiger partial charge is 0.382 e.